The molecular weight excluding hydrogens is 184 g/mol. The fourth-order valence-corrected chi connectivity index (χ4v) is 1.63. The van der Waals surface area contributed by atoms with Crippen molar-refractivity contribution in [2.24, 2.45) is 5.73 Å². The average molecular weight is 206 g/mol. The minimum Gasteiger partial charge on any atom is -0.323 e. The predicted molar refractivity (Wildman–Crippen MR) is 66.0 cm³/mol. The number of likely N-dealkylation sites (N-methyl/N-ethyl adjacent to an activating group) is 1. The highest BCUT2D eigenvalue weighted by molar-refractivity contribution is 5.26. The lowest BCUT2D eigenvalue weighted by Gasteiger charge is -2.17. The number of rotatable bonds is 4. The lowest BCUT2D eigenvalue weighted by Crippen LogP contribution is -2.25. The molecule has 1 atom stereocenters. The summed E-state index contributed by atoms with van der Waals surface area (Å²) < 4.78 is 0. The highest BCUT2D eigenvalue weighted by Gasteiger charge is 2.07. The quantitative estimate of drug-likeness (QED) is 0.819. The summed E-state index contributed by atoms with van der Waals surface area (Å²) in [6.07, 6.45) is 0. The van der Waals surface area contributed by atoms with E-state index in [-0.39, 0.29) is 6.04 Å². The summed E-state index contributed by atoms with van der Waals surface area (Å²) in [4.78, 5) is 2.11. The largest absolute Gasteiger partial charge is 0.323 e. The third-order valence-corrected chi connectivity index (χ3v) is 2.59. The second-order valence-electron chi connectivity index (χ2n) is 4.69. The van der Waals surface area contributed by atoms with Crippen molar-refractivity contribution in [1.82, 2.24) is 4.90 Å². The third-order valence-electron chi connectivity index (χ3n) is 2.59. The molecule has 84 valence electrons. The molecule has 0 spiro atoms. The molecule has 1 aromatic rings. The second-order valence-corrected chi connectivity index (χ2v) is 4.69. The Labute approximate surface area is 93.1 Å². The van der Waals surface area contributed by atoms with Gasteiger partial charge in [0.2, 0.25) is 0 Å². The Morgan fingerprint density at radius 3 is 1.93 bits per heavy atom. The summed E-state index contributed by atoms with van der Waals surface area (Å²) >= 11 is 0. The van der Waals surface area contributed by atoms with Gasteiger partial charge >= 0.3 is 0 Å². The molecule has 0 fully saturated rings. The van der Waals surface area contributed by atoms with Crippen LogP contribution in [0.1, 0.15) is 36.9 Å². The van der Waals surface area contributed by atoms with Gasteiger partial charge < -0.3 is 10.6 Å². The first kappa shape index (κ1) is 12.2. The van der Waals surface area contributed by atoms with Crippen LogP contribution in [0, 0.1) is 0 Å². The maximum absolute atomic E-state index is 6.08. The molecule has 0 bridgehead atoms. The van der Waals surface area contributed by atoms with Gasteiger partial charge in [-0.2, -0.15) is 0 Å². The van der Waals surface area contributed by atoms with Crippen LogP contribution in [-0.4, -0.2) is 25.5 Å². The van der Waals surface area contributed by atoms with Crippen molar-refractivity contribution in [3.8, 4) is 0 Å². The Balaban J connectivity index is 2.71. The molecule has 0 heterocycles. The normalized spacial score (nSPS) is 13.5. The van der Waals surface area contributed by atoms with Gasteiger partial charge in [-0.15, -0.1) is 0 Å². The monoisotopic (exact) mass is 206 g/mol. The molecule has 2 N–H and O–H groups in total. The van der Waals surface area contributed by atoms with Gasteiger partial charge in [0.25, 0.3) is 0 Å². The van der Waals surface area contributed by atoms with E-state index in [1.807, 2.05) is 14.1 Å². The number of nitrogens with two attached hydrogens (primary N) is 1. The zero-order valence-electron chi connectivity index (χ0n) is 10.2. The van der Waals surface area contributed by atoms with Crippen LogP contribution in [0.25, 0.3) is 0 Å². The molecule has 0 aliphatic carbocycles. The summed E-state index contributed by atoms with van der Waals surface area (Å²) in [6, 6.07) is 8.75. The molecule has 1 unspecified atom stereocenters. The Kier molecular flexibility index (Phi) is 4.30. The minimum absolute atomic E-state index is 0.112. The van der Waals surface area contributed by atoms with Gasteiger partial charge in [-0.3, -0.25) is 0 Å². The van der Waals surface area contributed by atoms with E-state index >= 15 is 0 Å². The maximum atomic E-state index is 6.08. The van der Waals surface area contributed by atoms with E-state index in [9.17, 15) is 0 Å². The summed E-state index contributed by atoms with van der Waals surface area (Å²) in [5.41, 5.74) is 8.67. The molecule has 0 aliphatic rings. The Hall–Kier alpha value is -0.860. The first-order chi connectivity index (χ1) is 7.00. The molecule has 1 rings (SSSR count). The molecule has 0 amide bonds. The first-order valence-corrected chi connectivity index (χ1v) is 5.51. The SMILES string of the molecule is CC(C)c1ccc(C(N)CN(C)C)cc1. The predicted octanol–water partition coefficient (Wildman–Crippen LogP) is 2.37. The first-order valence-electron chi connectivity index (χ1n) is 5.51. The van der Waals surface area contributed by atoms with E-state index in [0.717, 1.165) is 6.54 Å². The number of hydrogen-bond acceptors (Lipinski definition) is 2. The molecule has 0 aliphatic heterocycles. The van der Waals surface area contributed by atoms with E-state index in [1.54, 1.807) is 0 Å². The Morgan fingerprint density at radius 2 is 1.53 bits per heavy atom. The van der Waals surface area contributed by atoms with Crippen molar-refractivity contribution in [2.45, 2.75) is 25.8 Å². The van der Waals surface area contributed by atoms with Crippen molar-refractivity contribution in [2.75, 3.05) is 20.6 Å². The van der Waals surface area contributed by atoms with E-state index < -0.39 is 0 Å². The van der Waals surface area contributed by atoms with Crippen LogP contribution in [0.3, 0.4) is 0 Å². The maximum Gasteiger partial charge on any atom is 0.0424 e. The van der Waals surface area contributed by atoms with E-state index in [1.165, 1.54) is 11.1 Å². The van der Waals surface area contributed by atoms with Crippen LogP contribution in [0.15, 0.2) is 24.3 Å². The zero-order valence-corrected chi connectivity index (χ0v) is 10.2. The molecule has 0 radical (unpaired) electrons. The standard InChI is InChI=1S/C13H22N2/c1-10(2)11-5-7-12(8-6-11)13(14)9-15(3)4/h5-8,10,13H,9,14H2,1-4H3. The summed E-state index contributed by atoms with van der Waals surface area (Å²) in [5, 5.41) is 0. The lowest BCUT2D eigenvalue weighted by atomic mass is 9.99. The van der Waals surface area contributed by atoms with Gasteiger partial charge in [0.15, 0.2) is 0 Å². The van der Waals surface area contributed by atoms with Crippen molar-refractivity contribution in [1.29, 1.82) is 0 Å². The van der Waals surface area contributed by atoms with Crippen LogP contribution in [0.2, 0.25) is 0 Å². The van der Waals surface area contributed by atoms with Gasteiger partial charge in [-0.05, 0) is 31.1 Å². The topological polar surface area (TPSA) is 29.3 Å². The van der Waals surface area contributed by atoms with Crippen LogP contribution >= 0.6 is 0 Å². The summed E-state index contributed by atoms with van der Waals surface area (Å²) in [5.74, 6) is 0.587. The average Bonchev–Trinajstić information content (AvgIpc) is 2.17. The van der Waals surface area contributed by atoms with Crippen LogP contribution < -0.4 is 5.73 Å². The van der Waals surface area contributed by atoms with Crippen LogP contribution in [0.5, 0.6) is 0 Å². The lowest BCUT2D eigenvalue weighted by molar-refractivity contribution is 0.376. The third kappa shape index (κ3) is 3.65. The Bertz CT molecular complexity index is 288. The molecular formula is C13H22N2. The van der Waals surface area contributed by atoms with Crippen molar-refractivity contribution in [3.05, 3.63) is 35.4 Å². The number of benzene rings is 1. The van der Waals surface area contributed by atoms with Crippen molar-refractivity contribution < 1.29 is 0 Å². The highest BCUT2D eigenvalue weighted by atomic mass is 15.1. The van der Waals surface area contributed by atoms with Gasteiger partial charge in [-0.25, -0.2) is 0 Å². The fourth-order valence-electron chi connectivity index (χ4n) is 1.63. The fraction of sp³-hybridized carbons (Fsp3) is 0.538. The van der Waals surface area contributed by atoms with E-state index in [4.69, 9.17) is 5.73 Å². The number of nitrogens with zero attached hydrogens (tertiary/aromatic N) is 1. The van der Waals surface area contributed by atoms with Crippen molar-refractivity contribution in [3.63, 3.8) is 0 Å². The summed E-state index contributed by atoms with van der Waals surface area (Å²) in [6.45, 7) is 5.30. The molecule has 0 aromatic heterocycles. The summed E-state index contributed by atoms with van der Waals surface area (Å²) in [7, 11) is 4.09. The van der Waals surface area contributed by atoms with Crippen LogP contribution in [-0.2, 0) is 0 Å². The molecule has 0 saturated heterocycles. The van der Waals surface area contributed by atoms with Gasteiger partial charge in [-0.1, -0.05) is 38.1 Å². The molecule has 15 heavy (non-hydrogen) atoms. The molecule has 2 nitrogen and oxygen atoms in total. The molecule has 2 heteroatoms. The highest BCUT2D eigenvalue weighted by Crippen LogP contribution is 2.17. The van der Waals surface area contributed by atoms with Gasteiger partial charge in [0.1, 0.15) is 0 Å². The minimum atomic E-state index is 0.112. The second kappa shape index (κ2) is 5.29. The van der Waals surface area contributed by atoms with E-state index in [2.05, 4.69) is 43.0 Å². The molecule has 1 aromatic carbocycles. The Morgan fingerprint density at radius 1 is 1.07 bits per heavy atom. The van der Waals surface area contributed by atoms with Gasteiger partial charge in [0, 0.05) is 12.6 Å². The zero-order chi connectivity index (χ0) is 11.4. The van der Waals surface area contributed by atoms with E-state index in [0.29, 0.717) is 5.92 Å². The number of hydrogen-bond donors (Lipinski definition) is 1. The van der Waals surface area contributed by atoms with Crippen molar-refractivity contribution >= 4 is 0 Å². The van der Waals surface area contributed by atoms with Crippen LogP contribution in [0.4, 0.5) is 0 Å². The van der Waals surface area contributed by atoms with Gasteiger partial charge in [0.05, 0.1) is 0 Å². The smallest absolute Gasteiger partial charge is 0.0424 e. The molecule has 0 saturated carbocycles.